The van der Waals surface area contributed by atoms with E-state index < -0.39 is 29.1 Å². The molecule has 0 atom stereocenters. The van der Waals surface area contributed by atoms with Gasteiger partial charge in [-0.3, -0.25) is 8.98 Å². The second kappa shape index (κ2) is 5.79. The van der Waals surface area contributed by atoms with E-state index in [1.54, 1.807) is 0 Å². The molecule has 0 radical (unpaired) electrons. The summed E-state index contributed by atoms with van der Waals surface area (Å²) >= 11 is 11.3. The average molecular weight is 299 g/mol. The van der Waals surface area contributed by atoms with Gasteiger partial charge in [-0.1, -0.05) is 23.2 Å². The summed E-state index contributed by atoms with van der Waals surface area (Å²) in [5, 5.41) is 8.54. The Morgan fingerprint density at radius 1 is 1.35 bits per heavy atom. The van der Waals surface area contributed by atoms with E-state index in [1.165, 1.54) is 12.1 Å². The third kappa shape index (κ3) is 3.93. The molecule has 1 N–H and O–H groups in total. The maximum absolute atomic E-state index is 11.6. The third-order valence-corrected chi connectivity index (χ3v) is 3.70. The van der Waals surface area contributed by atoms with Gasteiger partial charge in [0.2, 0.25) is 0 Å². The molecular weight excluding hydrogens is 291 g/mol. The molecule has 0 aromatic heterocycles. The molecule has 0 saturated carbocycles. The van der Waals surface area contributed by atoms with Crippen molar-refractivity contribution in [2.45, 2.75) is 4.90 Å². The van der Waals surface area contributed by atoms with Gasteiger partial charge in [0.1, 0.15) is 18.1 Å². The van der Waals surface area contributed by atoms with E-state index >= 15 is 0 Å². The predicted octanol–water partition coefficient (Wildman–Crippen LogP) is 1.26. The summed E-state index contributed by atoms with van der Waals surface area (Å²) in [4.78, 5) is 10.4. The van der Waals surface area contributed by atoms with Gasteiger partial charge in [0.25, 0.3) is 10.1 Å². The van der Waals surface area contributed by atoms with E-state index in [1.807, 2.05) is 0 Å². The van der Waals surface area contributed by atoms with Crippen LogP contribution in [0.3, 0.4) is 0 Å². The highest BCUT2D eigenvalue weighted by molar-refractivity contribution is 7.87. The number of halogens is 2. The number of Topliss-reactive ketones (excluding diaryl/α,β-unsaturated/α-hetero) is 1. The van der Waals surface area contributed by atoms with Gasteiger partial charge in [-0.25, -0.2) is 0 Å². The highest BCUT2D eigenvalue weighted by Crippen LogP contribution is 2.26. The lowest BCUT2D eigenvalue weighted by molar-refractivity contribution is -0.123. The maximum atomic E-state index is 11.6. The Morgan fingerprint density at radius 2 is 2.00 bits per heavy atom. The normalized spacial score (nSPS) is 11.5. The summed E-state index contributed by atoms with van der Waals surface area (Å²) in [6, 6.07) is 3.83. The topological polar surface area (TPSA) is 80.7 Å². The summed E-state index contributed by atoms with van der Waals surface area (Å²) in [6.07, 6.45) is 0. The molecule has 0 fully saturated rings. The first-order chi connectivity index (χ1) is 7.86. The zero-order valence-electron chi connectivity index (χ0n) is 8.39. The highest BCUT2D eigenvalue weighted by atomic mass is 35.5. The number of aliphatic hydroxyl groups excluding tert-OH is 1. The minimum atomic E-state index is -4.17. The molecule has 0 bridgehead atoms. The number of carbonyl (C=O) groups is 1. The van der Waals surface area contributed by atoms with Crippen molar-refractivity contribution >= 4 is 39.1 Å². The van der Waals surface area contributed by atoms with Crippen LogP contribution in [-0.4, -0.2) is 32.5 Å². The van der Waals surface area contributed by atoms with Crippen molar-refractivity contribution in [3.8, 4) is 0 Å². The lowest BCUT2D eigenvalue weighted by atomic mass is 10.4. The van der Waals surface area contributed by atoms with Gasteiger partial charge in [0, 0.05) is 5.02 Å². The first-order valence-electron chi connectivity index (χ1n) is 4.34. The van der Waals surface area contributed by atoms with Crippen molar-refractivity contribution in [2.24, 2.45) is 0 Å². The van der Waals surface area contributed by atoms with E-state index in [4.69, 9.17) is 28.3 Å². The second-order valence-electron chi connectivity index (χ2n) is 2.99. The number of benzene rings is 1. The van der Waals surface area contributed by atoms with Crippen LogP contribution in [0.5, 0.6) is 0 Å². The molecule has 1 rings (SSSR count). The van der Waals surface area contributed by atoms with Gasteiger partial charge in [-0.05, 0) is 18.2 Å². The van der Waals surface area contributed by atoms with Gasteiger partial charge >= 0.3 is 0 Å². The lowest BCUT2D eigenvalue weighted by Crippen LogP contribution is -2.17. The SMILES string of the molecule is O=C(CO)COS(=O)(=O)c1cc(Cl)ccc1Cl. The molecular formula is C9H8Cl2O5S. The van der Waals surface area contributed by atoms with Crippen LogP contribution < -0.4 is 0 Å². The molecule has 0 aliphatic rings. The number of aliphatic hydroxyl groups is 1. The van der Waals surface area contributed by atoms with E-state index in [-0.39, 0.29) is 14.9 Å². The van der Waals surface area contributed by atoms with Crippen molar-refractivity contribution in [1.29, 1.82) is 0 Å². The molecule has 0 unspecified atom stereocenters. The lowest BCUT2D eigenvalue weighted by Gasteiger charge is -2.06. The average Bonchev–Trinajstić information content (AvgIpc) is 2.29. The van der Waals surface area contributed by atoms with Crippen molar-refractivity contribution in [3.63, 3.8) is 0 Å². The first kappa shape index (κ1) is 14.4. The Bertz CT molecular complexity index is 526. The minimum Gasteiger partial charge on any atom is -0.388 e. The summed E-state index contributed by atoms with van der Waals surface area (Å²) in [6.45, 7) is -1.54. The first-order valence-corrected chi connectivity index (χ1v) is 6.50. The standard InChI is InChI=1S/C9H8Cl2O5S/c10-6-1-2-8(11)9(3-6)17(14,15)16-5-7(13)4-12/h1-3,12H,4-5H2. The predicted molar refractivity (Wildman–Crippen MR) is 61.7 cm³/mol. The van der Waals surface area contributed by atoms with Crippen LogP contribution in [0.2, 0.25) is 10.0 Å². The quantitative estimate of drug-likeness (QED) is 0.828. The fourth-order valence-electron chi connectivity index (χ4n) is 0.921. The smallest absolute Gasteiger partial charge is 0.298 e. The van der Waals surface area contributed by atoms with E-state index in [0.717, 1.165) is 6.07 Å². The Labute approximate surface area is 108 Å². The van der Waals surface area contributed by atoms with Gasteiger partial charge < -0.3 is 5.11 Å². The summed E-state index contributed by atoms with van der Waals surface area (Å²) in [5.74, 6) is -0.758. The summed E-state index contributed by atoms with van der Waals surface area (Å²) in [7, 11) is -4.17. The number of carbonyl (C=O) groups excluding carboxylic acids is 1. The largest absolute Gasteiger partial charge is 0.388 e. The van der Waals surface area contributed by atoms with Gasteiger partial charge in [-0.2, -0.15) is 8.42 Å². The molecule has 1 aromatic carbocycles. The summed E-state index contributed by atoms with van der Waals surface area (Å²) < 4.78 is 27.7. The van der Waals surface area contributed by atoms with Crippen LogP contribution in [0.15, 0.2) is 23.1 Å². The molecule has 0 saturated heterocycles. The minimum absolute atomic E-state index is 0.0640. The number of hydrogen-bond donors (Lipinski definition) is 1. The highest BCUT2D eigenvalue weighted by Gasteiger charge is 2.20. The summed E-state index contributed by atoms with van der Waals surface area (Å²) in [5.41, 5.74) is 0. The molecule has 8 heteroatoms. The number of hydrogen-bond acceptors (Lipinski definition) is 5. The van der Waals surface area contributed by atoms with Crippen molar-refractivity contribution in [3.05, 3.63) is 28.2 Å². The monoisotopic (exact) mass is 298 g/mol. The molecule has 0 aliphatic carbocycles. The van der Waals surface area contributed by atoms with E-state index in [9.17, 15) is 13.2 Å². The van der Waals surface area contributed by atoms with Crippen molar-refractivity contribution < 1.29 is 22.5 Å². The Hall–Kier alpha value is -0.660. The van der Waals surface area contributed by atoms with Gasteiger partial charge in [0.05, 0.1) is 5.02 Å². The van der Waals surface area contributed by atoms with Crippen LogP contribution >= 0.6 is 23.2 Å². The molecule has 0 heterocycles. The zero-order chi connectivity index (χ0) is 13.1. The van der Waals surface area contributed by atoms with Crippen LogP contribution in [0, 0.1) is 0 Å². The molecule has 1 aromatic rings. The molecule has 0 spiro atoms. The zero-order valence-corrected chi connectivity index (χ0v) is 10.7. The Kier molecular flexibility index (Phi) is 4.91. The molecule has 5 nitrogen and oxygen atoms in total. The van der Waals surface area contributed by atoms with Crippen molar-refractivity contribution in [1.82, 2.24) is 0 Å². The van der Waals surface area contributed by atoms with Crippen molar-refractivity contribution in [2.75, 3.05) is 13.2 Å². The Morgan fingerprint density at radius 3 is 2.59 bits per heavy atom. The molecule has 0 aliphatic heterocycles. The molecule has 94 valence electrons. The van der Waals surface area contributed by atoms with Gasteiger partial charge in [0.15, 0.2) is 5.78 Å². The molecule has 17 heavy (non-hydrogen) atoms. The number of ketones is 1. The maximum Gasteiger partial charge on any atom is 0.298 e. The van der Waals surface area contributed by atoms with Crippen LogP contribution in [-0.2, 0) is 19.1 Å². The Balaban J connectivity index is 2.97. The van der Waals surface area contributed by atoms with Crippen LogP contribution in [0.25, 0.3) is 0 Å². The van der Waals surface area contributed by atoms with Crippen LogP contribution in [0.4, 0.5) is 0 Å². The fraction of sp³-hybridized carbons (Fsp3) is 0.222. The fourth-order valence-corrected chi connectivity index (χ4v) is 2.55. The van der Waals surface area contributed by atoms with Crippen LogP contribution in [0.1, 0.15) is 0 Å². The van der Waals surface area contributed by atoms with Gasteiger partial charge in [-0.15, -0.1) is 0 Å². The van der Waals surface area contributed by atoms with E-state index in [0.29, 0.717) is 0 Å². The number of rotatable bonds is 5. The molecule has 0 amide bonds. The van der Waals surface area contributed by atoms with E-state index in [2.05, 4.69) is 4.18 Å². The third-order valence-electron chi connectivity index (χ3n) is 1.71. The second-order valence-corrected chi connectivity index (χ2v) is 5.42.